The number of aryl methyl sites for hydroxylation is 2. The van der Waals surface area contributed by atoms with Crippen molar-refractivity contribution in [2.45, 2.75) is 44.6 Å². The highest BCUT2D eigenvalue weighted by Gasteiger charge is 2.30. The fraction of sp³-hybridized carbons (Fsp3) is 0.400. The van der Waals surface area contributed by atoms with Crippen LogP contribution in [-0.2, 0) is 11.8 Å². The van der Waals surface area contributed by atoms with Crippen molar-refractivity contribution in [3.05, 3.63) is 69.8 Å². The van der Waals surface area contributed by atoms with Crippen LogP contribution < -0.4 is 20.9 Å². The second kappa shape index (κ2) is 10.8. The van der Waals surface area contributed by atoms with Gasteiger partial charge in [-0.2, -0.15) is 0 Å². The van der Waals surface area contributed by atoms with Crippen molar-refractivity contribution in [1.82, 2.24) is 14.8 Å². The lowest BCUT2D eigenvalue weighted by molar-refractivity contribution is 0.00748. The van der Waals surface area contributed by atoms with Gasteiger partial charge in [0.05, 0.1) is 17.8 Å². The van der Waals surface area contributed by atoms with Crippen molar-refractivity contribution in [1.29, 1.82) is 0 Å². The molecule has 0 saturated carbocycles. The Morgan fingerprint density at radius 1 is 1.10 bits per heavy atom. The van der Waals surface area contributed by atoms with Gasteiger partial charge in [-0.3, -0.25) is 9.59 Å². The molecule has 0 spiro atoms. The van der Waals surface area contributed by atoms with Crippen molar-refractivity contribution in [3.8, 4) is 17.2 Å². The number of pyridine rings is 1. The quantitative estimate of drug-likeness (QED) is 0.388. The largest absolute Gasteiger partial charge is 0.488 e. The van der Waals surface area contributed by atoms with Crippen LogP contribution in [0.4, 0.5) is 5.69 Å². The van der Waals surface area contributed by atoms with Gasteiger partial charge in [-0.15, -0.1) is 10.2 Å². The lowest BCUT2D eigenvalue weighted by atomic mass is 9.95. The summed E-state index contributed by atoms with van der Waals surface area (Å²) in [4.78, 5) is 28.0. The zero-order valence-corrected chi connectivity index (χ0v) is 22.8. The molecule has 208 valence electrons. The number of carbonyl (C=O) groups excluding carboxylic acids is 1. The Hall–Kier alpha value is -4.18. The molecule has 0 unspecified atom stereocenters. The number of benzene rings is 2. The molecule has 40 heavy (non-hydrogen) atoms. The lowest BCUT2D eigenvalue weighted by Crippen LogP contribution is -2.38. The van der Waals surface area contributed by atoms with E-state index in [1.807, 2.05) is 49.4 Å². The maximum absolute atomic E-state index is 13.4. The van der Waals surface area contributed by atoms with Gasteiger partial charge in [0.1, 0.15) is 17.4 Å². The Morgan fingerprint density at radius 2 is 1.90 bits per heavy atom. The predicted molar refractivity (Wildman–Crippen MR) is 151 cm³/mol. The highest BCUT2D eigenvalue weighted by atomic mass is 16.5. The zero-order chi connectivity index (χ0) is 27.8. The minimum atomic E-state index is -0.737. The molecule has 2 aromatic carbocycles. The normalized spacial score (nSPS) is 18.2. The van der Waals surface area contributed by atoms with Crippen LogP contribution in [0.1, 0.15) is 53.4 Å². The number of anilines is 1. The summed E-state index contributed by atoms with van der Waals surface area (Å²) >= 11 is 0. The molecule has 0 radical (unpaired) electrons. The Labute approximate surface area is 231 Å². The van der Waals surface area contributed by atoms with Crippen molar-refractivity contribution in [2.24, 2.45) is 12.8 Å². The number of ether oxygens (including phenoxy) is 2. The summed E-state index contributed by atoms with van der Waals surface area (Å²) < 4.78 is 19.3. The van der Waals surface area contributed by atoms with E-state index in [0.717, 1.165) is 48.8 Å². The van der Waals surface area contributed by atoms with E-state index in [9.17, 15) is 9.59 Å². The molecule has 2 aliphatic heterocycles. The molecule has 2 fully saturated rings. The van der Waals surface area contributed by atoms with E-state index in [1.54, 1.807) is 7.05 Å². The SMILES string of the molecule is Cc1ccccc1-c1nnc(C2CCN(c3c(C(N)=O)c(=O)n(C)c4cc(O[C@H]5CCCOC5)ccc34)CC2)o1. The lowest BCUT2D eigenvalue weighted by Gasteiger charge is -2.34. The molecule has 2 saturated heterocycles. The number of primary amides is 1. The second-order valence-corrected chi connectivity index (χ2v) is 10.6. The Kier molecular flexibility index (Phi) is 7.02. The standard InChI is InChI=1S/C30H33N5O5/c1-18-6-3-4-8-22(18)29-33-32-28(40-29)19-11-13-35(14-12-19)26-23-10-9-20(39-21-7-5-15-38-17-21)16-24(23)34(2)30(37)25(26)27(31)36/h3-4,6,8-10,16,19,21H,5,7,11-15,17H2,1-2H3,(H2,31,36)/t21-/m0/s1. The first-order valence-electron chi connectivity index (χ1n) is 13.8. The number of rotatable bonds is 6. The van der Waals surface area contributed by atoms with Crippen molar-refractivity contribution in [3.63, 3.8) is 0 Å². The maximum Gasteiger partial charge on any atom is 0.265 e. The summed E-state index contributed by atoms with van der Waals surface area (Å²) in [5, 5.41) is 9.42. The first-order chi connectivity index (χ1) is 19.4. The van der Waals surface area contributed by atoms with Crippen LogP contribution in [0.5, 0.6) is 5.75 Å². The van der Waals surface area contributed by atoms with Gasteiger partial charge in [0.25, 0.3) is 11.5 Å². The summed E-state index contributed by atoms with van der Waals surface area (Å²) in [5.41, 5.74) is 8.61. The minimum Gasteiger partial charge on any atom is -0.488 e. The first kappa shape index (κ1) is 26.1. The summed E-state index contributed by atoms with van der Waals surface area (Å²) in [5.74, 6) is 1.13. The molecule has 6 rings (SSSR count). The fourth-order valence-electron chi connectivity index (χ4n) is 5.79. The van der Waals surface area contributed by atoms with Crippen LogP contribution in [0.15, 0.2) is 51.7 Å². The van der Waals surface area contributed by atoms with Gasteiger partial charge in [0.15, 0.2) is 0 Å². The fourth-order valence-corrected chi connectivity index (χ4v) is 5.79. The third-order valence-electron chi connectivity index (χ3n) is 7.99. The van der Waals surface area contributed by atoms with Crippen LogP contribution in [0, 0.1) is 6.92 Å². The van der Waals surface area contributed by atoms with E-state index in [-0.39, 0.29) is 17.6 Å². The van der Waals surface area contributed by atoms with Gasteiger partial charge in [-0.1, -0.05) is 18.2 Å². The minimum absolute atomic E-state index is 0.00225. The van der Waals surface area contributed by atoms with E-state index in [1.165, 1.54) is 4.57 Å². The molecule has 0 bridgehead atoms. The number of hydrogen-bond donors (Lipinski definition) is 1. The number of amides is 1. The van der Waals surface area contributed by atoms with Gasteiger partial charge in [0, 0.05) is 49.7 Å². The number of nitrogens with two attached hydrogens (primary N) is 1. The van der Waals surface area contributed by atoms with Crippen molar-refractivity contribution < 1.29 is 18.7 Å². The Balaban J connectivity index is 1.28. The molecule has 2 aromatic heterocycles. The van der Waals surface area contributed by atoms with Crippen molar-refractivity contribution >= 4 is 22.5 Å². The number of aromatic nitrogens is 3. The van der Waals surface area contributed by atoms with Crippen LogP contribution in [0.25, 0.3) is 22.4 Å². The predicted octanol–water partition coefficient (Wildman–Crippen LogP) is 3.94. The van der Waals surface area contributed by atoms with E-state index < -0.39 is 11.5 Å². The molecule has 1 amide bonds. The maximum atomic E-state index is 13.4. The summed E-state index contributed by atoms with van der Waals surface area (Å²) in [6.07, 6.45) is 3.31. The van der Waals surface area contributed by atoms with Gasteiger partial charge in [-0.25, -0.2) is 0 Å². The van der Waals surface area contributed by atoms with Crippen LogP contribution in [0.2, 0.25) is 0 Å². The van der Waals surface area contributed by atoms with E-state index in [2.05, 4.69) is 15.1 Å². The molecule has 0 aliphatic carbocycles. The van der Waals surface area contributed by atoms with Gasteiger partial charge in [-0.05, 0) is 56.4 Å². The summed E-state index contributed by atoms with van der Waals surface area (Å²) in [6.45, 7) is 4.52. The molecular formula is C30H33N5O5. The molecule has 4 aromatic rings. The van der Waals surface area contributed by atoms with Crippen LogP contribution >= 0.6 is 0 Å². The highest BCUT2D eigenvalue weighted by Crippen LogP contribution is 2.36. The first-order valence-corrected chi connectivity index (χ1v) is 13.8. The van der Waals surface area contributed by atoms with E-state index in [4.69, 9.17) is 19.6 Å². The number of carbonyl (C=O) groups is 1. The van der Waals surface area contributed by atoms with Crippen LogP contribution in [-0.4, -0.2) is 53.1 Å². The second-order valence-electron chi connectivity index (χ2n) is 10.6. The molecule has 1 atom stereocenters. The van der Waals surface area contributed by atoms with Crippen molar-refractivity contribution in [2.75, 3.05) is 31.2 Å². The van der Waals surface area contributed by atoms with E-state index >= 15 is 0 Å². The average molecular weight is 544 g/mol. The van der Waals surface area contributed by atoms with Gasteiger partial charge >= 0.3 is 0 Å². The Morgan fingerprint density at radius 3 is 2.62 bits per heavy atom. The summed E-state index contributed by atoms with van der Waals surface area (Å²) in [7, 11) is 1.65. The van der Waals surface area contributed by atoms with Crippen LogP contribution in [0.3, 0.4) is 0 Å². The number of nitrogens with zero attached hydrogens (tertiary/aromatic N) is 4. The monoisotopic (exact) mass is 543 g/mol. The highest BCUT2D eigenvalue weighted by molar-refractivity contribution is 6.07. The third-order valence-corrected chi connectivity index (χ3v) is 7.99. The van der Waals surface area contributed by atoms with Gasteiger partial charge < -0.3 is 29.1 Å². The topological polar surface area (TPSA) is 126 Å². The third kappa shape index (κ3) is 4.83. The smallest absolute Gasteiger partial charge is 0.265 e. The molecular weight excluding hydrogens is 510 g/mol. The number of hydrogen-bond acceptors (Lipinski definition) is 8. The Bertz CT molecular complexity index is 1610. The number of piperidine rings is 1. The molecule has 10 nitrogen and oxygen atoms in total. The molecule has 10 heteroatoms. The average Bonchev–Trinajstić information content (AvgIpc) is 3.46. The summed E-state index contributed by atoms with van der Waals surface area (Å²) in [6, 6.07) is 13.6. The molecule has 2 aliphatic rings. The number of fused-ring (bicyclic) bond motifs is 1. The zero-order valence-electron chi connectivity index (χ0n) is 22.8. The molecule has 2 N–H and O–H groups in total. The van der Waals surface area contributed by atoms with E-state index in [0.29, 0.717) is 48.4 Å². The van der Waals surface area contributed by atoms with Gasteiger partial charge in [0.2, 0.25) is 11.8 Å². The molecule has 4 heterocycles.